The van der Waals surface area contributed by atoms with Crippen LogP contribution in [0, 0.1) is 23.7 Å². The third-order valence-corrected chi connectivity index (χ3v) is 26.2. The molecule has 0 radical (unpaired) electrons. The molecule has 20 nitrogen and oxygen atoms in total. The SMILES string of the molecule is C=C(C)[C@@H]1CCC(C)=C[C@H]1c1c(O)cc(CCC)c(C(=O)O)c1O.C=C(C)[C@@H]1CCC(C)=C[C@H]1c1c(O)cc(CCCCC)c(C(=O)O)c1O.CCCCCc1cc(O)c(C/C=C(\C)CCC=C(C)C)c(O)c1C(=O)O.CCCCCc1cc2c(c(O)c1C(=O)O)[C@@H]1C=C(C)CC[C@H]1C(C)(C)O2.CCCc1cc2c(c(O)c1C(=O)O)[C@@H]1C=C(C)CC[C@H]1C(C)(C)O2. The van der Waals surface area contributed by atoms with Crippen LogP contribution < -0.4 is 9.47 Å². The van der Waals surface area contributed by atoms with Gasteiger partial charge in [-0.15, -0.1) is 0 Å². The highest BCUT2D eigenvalue weighted by atomic mass is 16.5. The Labute approximate surface area is 747 Å². The average Bonchev–Trinajstić information content (AvgIpc) is 0.734. The summed E-state index contributed by atoms with van der Waals surface area (Å²) in [5.74, 6) is -5.45. The Balaban J connectivity index is 0.000000216. The number of allylic oxidation sites excluding steroid dienone is 14. The van der Waals surface area contributed by atoms with Gasteiger partial charge in [0.2, 0.25) is 0 Å². The molecular formula is C106H144O20. The van der Waals surface area contributed by atoms with Crippen molar-refractivity contribution in [2.45, 2.75) is 333 Å². The van der Waals surface area contributed by atoms with Crippen molar-refractivity contribution in [3.8, 4) is 57.5 Å². The van der Waals surface area contributed by atoms with E-state index in [1.165, 1.54) is 46.1 Å². The van der Waals surface area contributed by atoms with E-state index in [4.69, 9.17) is 9.47 Å². The average molecular weight is 1740 g/mol. The summed E-state index contributed by atoms with van der Waals surface area (Å²) in [5.41, 5.74) is 13.4. The molecule has 0 saturated heterocycles. The topological polar surface area (TPSA) is 367 Å². The summed E-state index contributed by atoms with van der Waals surface area (Å²) >= 11 is 0. The van der Waals surface area contributed by atoms with Crippen molar-refractivity contribution in [2.24, 2.45) is 23.7 Å². The number of aromatic hydroxyl groups is 8. The smallest absolute Gasteiger partial charge is 0.339 e. The first-order valence-electron chi connectivity index (χ1n) is 45.7. The van der Waals surface area contributed by atoms with Crippen LogP contribution in [0.15, 0.2) is 125 Å². The molecule has 0 bridgehead atoms. The van der Waals surface area contributed by atoms with Gasteiger partial charge in [0.15, 0.2) is 0 Å². The van der Waals surface area contributed by atoms with Gasteiger partial charge in [-0.05, 0) is 282 Å². The van der Waals surface area contributed by atoms with Gasteiger partial charge < -0.3 is 75.9 Å². The van der Waals surface area contributed by atoms with Gasteiger partial charge in [-0.1, -0.05) is 180 Å². The zero-order valence-electron chi connectivity index (χ0n) is 78.1. The van der Waals surface area contributed by atoms with Crippen molar-refractivity contribution >= 4 is 29.8 Å². The zero-order valence-corrected chi connectivity index (χ0v) is 78.1. The number of aromatic carboxylic acids is 5. The number of phenolic OH excluding ortho intramolecular Hbond substituents is 3. The lowest BCUT2D eigenvalue weighted by Gasteiger charge is -2.46. The lowest BCUT2D eigenvalue weighted by Crippen LogP contribution is -2.45. The van der Waals surface area contributed by atoms with Crippen molar-refractivity contribution in [3.63, 3.8) is 0 Å². The molecule has 5 aromatic rings. The van der Waals surface area contributed by atoms with Crippen LogP contribution in [0.25, 0.3) is 0 Å². The molecule has 0 unspecified atom stereocenters. The minimum absolute atomic E-state index is 0.00490. The van der Waals surface area contributed by atoms with Crippen LogP contribution in [0.1, 0.15) is 391 Å². The van der Waals surface area contributed by atoms with Gasteiger partial charge in [0, 0.05) is 63.3 Å². The molecule has 4 aliphatic carbocycles. The molecule has 688 valence electrons. The summed E-state index contributed by atoms with van der Waals surface area (Å²) in [4.78, 5) is 58.7. The van der Waals surface area contributed by atoms with E-state index in [1.807, 2.05) is 78.8 Å². The molecule has 6 aliphatic rings. The number of aryl methyl sites for hydroxylation is 5. The molecular weight excluding hydrogens is 1590 g/mol. The Kier molecular flexibility index (Phi) is 37.1. The summed E-state index contributed by atoms with van der Waals surface area (Å²) < 4.78 is 12.5. The second-order valence-corrected chi connectivity index (χ2v) is 37.3. The molecule has 2 aliphatic heterocycles. The molecule has 0 spiro atoms. The molecule has 2 heterocycles. The van der Waals surface area contributed by atoms with Crippen LogP contribution in [-0.2, 0) is 38.5 Å². The fourth-order valence-corrected chi connectivity index (χ4v) is 19.5. The van der Waals surface area contributed by atoms with Crippen molar-refractivity contribution < 1.29 is 99.8 Å². The van der Waals surface area contributed by atoms with Crippen molar-refractivity contribution in [3.05, 3.63) is 208 Å². The van der Waals surface area contributed by atoms with E-state index < -0.39 is 29.8 Å². The van der Waals surface area contributed by atoms with Crippen molar-refractivity contribution in [1.29, 1.82) is 0 Å². The number of benzene rings is 5. The Hall–Kier alpha value is -10.6. The summed E-state index contributed by atoms with van der Waals surface area (Å²) in [7, 11) is 0. The summed E-state index contributed by atoms with van der Waals surface area (Å²) in [6, 6.07) is 8.22. The van der Waals surface area contributed by atoms with E-state index in [0.29, 0.717) is 100 Å². The number of phenols is 8. The molecule has 0 fully saturated rings. The fraction of sp³-hybridized carbons (Fsp3) is 0.519. The number of carboxylic acids is 5. The van der Waals surface area contributed by atoms with Crippen LogP contribution in [0.4, 0.5) is 0 Å². The van der Waals surface area contributed by atoms with Gasteiger partial charge in [-0.3, -0.25) is 0 Å². The van der Waals surface area contributed by atoms with Crippen LogP contribution in [0.2, 0.25) is 0 Å². The Morgan fingerprint density at radius 3 is 1.02 bits per heavy atom. The maximum Gasteiger partial charge on any atom is 0.339 e. The second kappa shape index (κ2) is 45.7. The number of unbranched alkanes of at least 4 members (excludes halogenated alkanes) is 6. The highest BCUT2D eigenvalue weighted by Crippen LogP contribution is 2.58. The lowest BCUT2D eigenvalue weighted by molar-refractivity contribution is 0.0102. The van der Waals surface area contributed by atoms with Crippen LogP contribution in [0.3, 0.4) is 0 Å². The van der Waals surface area contributed by atoms with E-state index in [9.17, 15) is 90.4 Å². The highest BCUT2D eigenvalue weighted by Gasteiger charge is 2.49. The summed E-state index contributed by atoms with van der Waals surface area (Å²) in [5, 5.41) is 133. The maximum absolute atomic E-state index is 11.9. The third kappa shape index (κ3) is 25.0. The monoisotopic (exact) mass is 1740 g/mol. The fourth-order valence-electron chi connectivity index (χ4n) is 19.5. The van der Waals surface area contributed by atoms with Crippen molar-refractivity contribution in [1.82, 2.24) is 0 Å². The molecule has 11 rings (SSSR count). The number of hydrogen-bond acceptors (Lipinski definition) is 15. The molecule has 13 N–H and O–H groups in total. The van der Waals surface area contributed by atoms with Crippen LogP contribution in [-0.4, -0.2) is 107 Å². The standard InChI is InChI=1S/2C22H30O4.C22H32O4.2C20H26O4/c1-5-6-7-8-14-12-17-19(20(23)18(14)21(24)25)15-11-13(2)9-10-16(15)22(3,4)26-17;1-5-6-7-8-15-12-18(23)20(21(24)19(15)22(25)26)17-11-14(4)9-10-16(17)13(2)3;1-5-6-7-11-17-14-19(23)18(21(24)20(17)22(25)26)13-12-16(4)10-8-9-15(2)3;1-5-6-12-10-15-17(18(21)16(12)19(22)23)13-9-11(2)7-8-14(13)20(3,4)24-15;1-5-6-13-10-16(21)18(19(22)17(13)20(23)24)15-9-12(4)7-8-14(15)11(2)3/h11-12,15-16,23H,5-10H2,1-4H3,(H,24,25);11-12,16-17,23-24H,2,5-10H2,1,3-4H3,(H,25,26);9,12,14,23-24H,5-8,10-11,13H2,1-4H3,(H,25,26);9-10,13-14,21H,5-8H2,1-4H3,(H,22,23);9-10,14-15,21-22H,2,5-8H2,1,3-4H3,(H,23,24)/b;;16-12+;;/t15-,16-;16-,17+;;13-,14-;14-,15+/m10.10/s1. The van der Waals surface area contributed by atoms with E-state index >= 15 is 0 Å². The van der Waals surface area contributed by atoms with Crippen molar-refractivity contribution in [2.75, 3.05) is 0 Å². The Morgan fingerprint density at radius 2 is 0.690 bits per heavy atom. The molecule has 0 amide bonds. The Morgan fingerprint density at radius 1 is 0.389 bits per heavy atom. The largest absolute Gasteiger partial charge is 0.508 e. The van der Waals surface area contributed by atoms with Gasteiger partial charge in [-0.2, -0.15) is 0 Å². The van der Waals surface area contributed by atoms with Crippen LogP contribution >= 0.6 is 0 Å². The van der Waals surface area contributed by atoms with Gasteiger partial charge in [0.05, 0.1) is 0 Å². The predicted molar refractivity (Wildman–Crippen MR) is 500 cm³/mol. The lowest BCUT2D eigenvalue weighted by atomic mass is 9.67. The molecule has 5 aromatic carbocycles. The Bertz CT molecular complexity index is 5000. The number of carboxylic acid groups (broad SMARTS) is 5. The highest BCUT2D eigenvalue weighted by molar-refractivity contribution is 5.97. The number of ether oxygens (including phenoxy) is 2. The zero-order chi connectivity index (χ0) is 93.8. The van der Waals surface area contributed by atoms with E-state index in [1.54, 1.807) is 0 Å². The number of hydrogen-bond donors (Lipinski definition) is 13. The van der Waals surface area contributed by atoms with Gasteiger partial charge in [0.25, 0.3) is 0 Å². The van der Waals surface area contributed by atoms with E-state index in [0.717, 1.165) is 152 Å². The first-order valence-corrected chi connectivity index (χ1v) is 45.7. The third-order valence-electron chi connectivity index (χ3n) is 26.2. The van der Waals surface area contributed by atoms with E-state index in [-0.39, 0.29) is 138 Å². The summed E-state index contributed by atoms with van der Waals surface area (Å²) in [6.45, 7) is 44.9. The van der Waals surface area contributed by atoms with E-state index in [2.05, 4.69) is 108 Å². The first-order chi connectivity index (χ1) is 59.3. The minimum Gasteiger partial charge on any atom is -0.508 e. The number of rotatable bonds is 30. The predicted octanol–water partition coefficient (Wildman–Crippen LogP) is 26.2. The quantitative estimate of drug-likeness (QED) is 0.0150. The van der Waals surface area contributed by atoms with Gasteiger partial charge in [-0.25, -0.2) is 24.0 Å². The molecule has 0 aromatic heterocycles. The number of carbonyl (C=O) groups is 5. The summed E-state index contributed by atoms with van der Waals surface area (Å²) in [6.07, 6.45) is 35.3. The van der Waals surface area contributed by atoms with Gasteiger partial charge in [0.1, 0.15) is 96.5 Å². The number of fused-ring (bicyclic) bond motifs is 6. The van der Waals surface area contributed by atoms with Crippen LogP contribution in [0.5, 0.6) is 57.5 Å². The molecule has 20 heteroatoms. The normalized spacial score (nSPS) is 19.9. The minimum atomic E-state index is -1.17. The second-order valence-electron chi connectivity index (χ2n) is 37.3. The molecule has 0 saturated carbocycles. The molecule has 8 atom stereocenters. The maximum atomic E-state index is 11.9. The molecule has 126 heavy (non-hydrogen) atoms. The van der Waals surface area contributed by atoms with Gasteiger partial charge >= 0.3 is 29.8 Å². The first kappa shape index (κ1) is 102.